The maximum Gasteiger partial charge on any atom is 0.238 e. The lowest BCUT2D eigenvalue weighted by atomic mass is 9.75. The highest BCUT2D eigenvalue weighted by atomic mass is 32.2. The Morgan fingerprint density at radius 2 is 2.04 bits per heavy atom. The van der Waals surface area contributed by atoms with Gasteiger partial charge in [-0.15, -0.1) is 11.8 Å². The van der Waals surface area contributed by atoms with Crippen molar-refractivity contribution in [1.82, 2.24) is 4.90 Å². The number of benzene rings is 1. The van der Waals surface area contributed by atoms with Gasteiger partial charge in [0.2, 0.25) is 5.91 Å². The molecular formula is C19H25N3OS. The number of nitrogens with one attached hydrogen (secondary N) is 1. The number of rotatable bonds is 5. The van der Waals surface area contributed by atoms with E-state index in [0.29, 0.717) is 12.3 Å². The SMILES string of the molecule is N#CCSc1ccccc1NC(=O)CN1CC[C@@H]2CCCC[C@@H]2C1. The summed E-state index contributed by atoms with van der Waals surface area (Å²) in [6.45, 7) is 2.59. The van der Waals surface area contributed by atoms with Crippen LogP contribution in [0.5, 0.6) is 0 Å². The first-order chi connectivity index (χ1) is 11.8. The smallest absolute Gasteiger partial charge is 0.238 e. The minimum atomic E-state index is 0.0502. The number of thioether (sulfide) groups is 1. The van der Waals surface area contributed by atoms with Crippen LogP contribution < -0.4 is 5.32 Å². The molecular weight excluding hydrogens is 318 g/mol. The minimum absolute atomic E-state index is 0.0502. The van der Waals surface area contributed by atoms with E-state index in [9.17, 15) is 4.79 Å². The Labute approximate surface area is 148 Å². The van der Waals surface area contributed by atoms with Gasteiger partial charge < -0.3 is 5.32 Å². The lowest BCUT2D eigenvalue weighted by molar-refractivity contribution is -0.118. The number of piperidine rings is 1. The van der Waals surface area contributed by atoms with E-state index in [1.807, 2.05) is 24.3 Å². The molecule has 24 heavy (non-hydrogen) atoms. The van der Waals surface area contributed by atoms with E-state index >= 15 is 0 Å². The van der Waals surface area contributed by atoms with Crippen molar-refractivity contribution in [2.24, 2.45) is 11.8 Å². The summed E-state index contributed by atoms with van der Waals surface area (Å²) in [4.78, 5) is 15.7. The topological polar surface area (TPSA) is 56.1 Å². The fourth-order valence-corrected chi connectivity index (χ4v) is 4.69. The molecule has 0 aromatic heterocycles. The van der Waals surface area contributed by atoms with Crippen LogP contribution in [0.15, 0.2) is 29.2 Å². The van der Waals surface area contributed by atoms with Crippen LogP contribution in [-0.4, -0.2) is 36.2 Å². The molecule has 0 radical (unpaired) electrons. The van der Waals surface area contributed by atoms with E-state index in [1.54, 1.807) is 0 Å². The van der Waals surface area contributed by atoms with E-state index in [2.05, 4.69) is 16.3 Å². The molecule has 4 nitrogen and oxygen atoms in total. The number of nitrogens with zero attached hydrogens (tertiary/aromatic N) is 2. The van der Waals surface area contributed by atoms with Crippen molar-refractivity contribution in [3.63, 3.8) is 0 Å². The Bertz CT molecular complexity index is 613. The van der Waals surface area contributed by atoms with Gasteiger partial charge in [-0.3, -0.25) is 9.69 Å². The zero-order valence-corrected chi connectivity index (χ0v) is 14.9. The third kappa shape index (κ3) is 4.52. The maximum atomic E-state index is 12.4. The summed E-state index contributed by atoms with van der Waals surface area (Å²) in [6.07, 6.45) is 6.70. The molecule has 1 saturated heterocycles. The molecule has 128 valence electrons. The molecule has 1 aliphatic carbocycles. The number of anilines is 1. The van der Waals surface area contributed by atoms with E-state index in [-0.39, 0.29) is 5.91 Å². The Kier molecular flexibility index (Phi) is 6.17. The van der Waals surface area contributed by atoms with Gasteiger partial charge in [-0.25, -0.2) is 0 Å². The van der Waals surface area contributed by atoms with Gasteiger partial charge in [-0.05, 0) is 43.4 Å². The highest BCUT2D eigenvalue weighted by Crippen LogP contribution is 2.36. The van der Waals surface area contributed by atoms with Crippen LogP contribution >= 0.6 is 11.8 Å². The third-order valence-corrected chi connectivity index (χ3v) is 6.14. The number of fused-ring (bicyclic) bond motifs is 1. The van der Waals surface area contributed by atoms with E-state index in [4.69, 9.17) is 5.26 Å². The van der Waals surface area contributed by atoms with Crippen LogP contribution in [-0.2, 0) is 4.79 Å². The standard InChI is InChI=1S/C19H25N3OS/c20-10-12-24-18-8-4-3-7-17(18)21-19(23)14-22-11-9-15-5-1-2-6-16(15)13-22/h3-4,7-8,15-16H,1-2,5-6,9,11-14H2,(H,21,23)/t15-,16+/m0/s1. The molecule has 1 heterocycles. The first kappa shape index (κ1) is 17.3. The van der Waals surface area contributed by atoms with Crippen molar-refractivity contribution in [2.45, 2.75) is 37.0 Å². The molecule has 3 rings (SSSR count). The van der Waals surface area contributed by atoms with Crippen molar-refractivity contribution < 1.29 is 4.79 Å². The third-order valence-electron chi connectivity index (χ3n) is 5.20. The van der Waals surface area contributed by atoms with Crippen molar-refractivity contribution >= 4 is 23.4 Å². The summed E-state index contributed by atoms with van der Waals surface area (Å²) in [7, 11) is 0. The van der Waals surface area contributed by atoms with Crippen LogP contribution in [0.25, 0.3) is 0 Å². The minimum Gasteiger partial charge on any atom is -0.324 e. The highest BCUT2D eigenvalue weighted by molar-refractivity contribution is 7.99. The highest BCUT2D eigenvalue weighted by Gasteiger charge is 2.31. The molecule has 0 unspecified atom stereocenters. The molecule has 1 N–H and O–H groups in total. The molecule has 1 aromatic rings. The summed E-state index contributed by atoms with van der Waals surface area (Å²) in [5.41, 5.74) is 0.815. The average Bonchev–Trinajstić information content (AvgIpc) is 2.61. The number of hydrogen-bond acceptors (Lipinski definition) is 4. The van der Waals surface area contributed by atoms with Crippen molar-refractivity contribution in [2.75, 3.05) is 30.7 Å². The molecule has 2 aliphatic rings. The Balaban J connectivity index is 1.53. The van der Waals surface area contributed by atoms with Crippen LogP contribution in [0, 0.1) is 23.2 Å². The molecule has 0 spiro atoms. The molecule has 2 atom stereocenters. The normalized spacial score (nSPS) is 24.0. The van der Waals surface area contributed by atoms with Gasteiger partial charge in [-0.2, -0.15) is 5.26 Å². The molecule has 0 bridgehead atoms. The summed E-state index contributed by atoms with van der Waals surface area (Å²) in [6, 6.07) is 9.84. The molecule has 5 heteroatoms. The molecule has 1 saturated carbocycles. The Morgan fingerprint density at radius 1 is 1.25 bits per heavy atom. The number of carbonyl (C=O) groups is 1. The fourth-order valence-electron chi connectivity index (χ4n) is 4.02. The van der Waals surface area contributed by atoms with Gasteiger partial charge in [0.15, 0.2) is 0 Å². The predicted octanol–water partition coefficient (Wildman–Crippen LogP) is 3.75. The summed E-state index contributed by atoms with van der Waals surface area (Å²) < 4.78 is 0. The molecule has 1 aromatic carbocycles. The summed E-state index contributed by atoms with van der Waals surface area (Å²) >= 11 is 1.46. The van der Waals surface area contributed by atoms with Gasteiger partial charge in [0.25, 0.3) is 0 Å². The quantitative estimate of drug-likeness (QED) is 0.827. The van der Waals surface area contributed by atoms with Gasteiger partial charge in [0.05, 0.1) is 24.1 Å². The number of nitriles is 1. The molecule has 2 fully saturated rings. The van der Waals surface area contributed by atoms with Gasteiger partial charge in [-0.1, -0.05) is 31.4 Å². The van der Waals surface area contributed by atoms with Crippen LogP contribution in [0.1, 0.15) is 32.1 Å². The zero-order chi connectivity index (χ0) is 16.8. The Morgan fingerprint density at radius 3 is 2.88 bits per heavy atom. The predicted molar refractivity (Wildman–Crippen MR) is 97.9 cm³/mol. The lowest BCUT2D eigenvalue weighted by Gasteiger charge is -2.41. The average molecular weight is 343 g/mol. The van der Waals surface area contributed by atoms with Crippen LogP contribution in [0.2, 0.25) is 0 Å². The number of para-hydroxylation sites is 1. The first-order valence-electron chi connectivity index (χ1n) is 8.87. The second-order valence-electron chi connectivity index (χ2n) is 6.82. The maximum absolute atomic E-state index is 12.4. The van der Waals surface area contributed by atoms with E-state index < -0.39 is 0 Å². The largest absolute Gasteiger partial charge is 0.324 e. The summed E-state index contributed by atoms with van der Waals surface area (Å²) in [5, 5.41) is 11.8. The van der Waals surface area contributed by atoms with Crippen LogP contribution in [0.3, 0.4) is 0 Å². The lowest BCUT2D eigenvalue weighted by Crippen LogP contribution is -2.44. The second-order valence-corrected chi connectivity index (χ2v) is 7.84. The number of amides is 1. The molecule has 1 aliphatic heterocycles. The van der Waals surface area contributed by atoms with Gasteiger partial charge in [0.1, 0.15) is 0 Å². The fraction of sp³-hybridized carbons (Fsp3) is 0.579. The number of hydrogen-bond donors (Lipinski definition) is 1. The van der Waals surface area contributed by atoms with E-state index in [1.165, 1.54) is 43.9 Å². The van der Waals surface area contributed by atoms with Crippen molar-refractivity contribution in [3.8, 4) is 6.07 Å². The van der Waals surface area contributed by atoms with E-state index in [0.717, 1.165) is 35.5 Å². The molecule has 1 amide bonds. The Hall–Kier alpha value is -1.51. The first-order valence-corrected chi connectivity index (χ1v) is 9.86. The summed E-state index contributed by atoms with van der Waals surface area (Å²) in [5.74, 6) is 2.12. The number of likely N-dealkylation sites (tertiary alicyclic amines) is 1. The monoisotopic (exact) mass is 343 g/mol. The van der Waals surface area contributed by atoms with Crippen molar-refractivity contribution in [3.05, 3.63) is 24.3 Å². The zero-order valence-electron chi connectivity index (χ0n) is 14.0. The van der Waals surface area contributed by atoms with Gasteiger partial charge in [0, 0.05) is 11.4 Å². The van der Waals surface area contributed by atoms with Crippen LogP contribution in [0.4, 0.5) is 5.69 Å². The van der Waals surface area contributed by atoms with Gasteiger partial charge >= 0.3 is 0 Å². The number of carbonyl (C=O) groups excluding carboxylic acids is 1. The second kappa shape index (κ2) is 8.55. The van der Waals surface area contributed by atoms with Crippen molar-refractivity contribution in [1.29, 1.82) is 5.26 Å².